The molecule has 4 rings (SSSR count). The van der Waals surface area contributed by atoms with Gasteiger partial charge < -0.3 is 24.2 Å². The SMILES string of the molecule is O=C(O)CCOc1cc(Cl)c(-c2nc(N3CCN(C(=O)C4CCCC4)CC3)no2)cc1F. The Morgan fingerprint density at radius 1 is 1.22 bits per heavy atom. The zero-order valence-electron chi connectivity index (χ0n) is 17.4. The summed E-state index contributed by atoms with van der Waals surface area (Å²) in [5, 5.41) is 12.8. The molecule has 1 N–H and O–H groups in total. The van der Waals surface area contributed by atoms with Gasteiger partial charge in [-0.1, -0.05) is 24.4 Å². The summed E-state index contributed by atoms with van der Waals surface area (Å²) in [6.45, 7) is 2.17. The van der Waals surface area contributed by atoms with Crippen molar-refractivity contribution in [2.24, 2.45) is 5.92 Å². The molecule has 1 saturated heterocycles. The first kappa shape index (κ1) is 22.3. The number of carboxylic acids is 1. The Kier molecular flexibility index (Phi) is 6.78. The van der Waals surface area contributed by atoms with Crippen molar-refractivity contribution in [1.82, 2.24) is 15.0 Å². The maximum Gasteiger partial charge on any atom is 0.306 e. The predicted molar refractivity (Wildman–Crippen MR) is 113 cm³/mol. The van der Waals surface area contributed by atoms with Crippen molar-refractivity contribution in [2.45, 2.75) is 32.1 Å². The Morgan fingerprint density at radius 2 is 1.94 bits per heavy atom. The van der Waals surface area contributed by atoms with Gasteiger partial charge in [-0.15, -0.1) is 0 Å². The van der Waals surface area contributed by atoms with Crippen LogP contribution in [0.4, 0.5) is 10.3 Å². The van der Waals surface area contributed by atoms with Crippen LogP contribution >= 0.6 is 11.6 Å². The zero-order chi connectivity index (χ0) is 22.7. The highest BCUT2D eigenvalue weighted by molar-refractivity contribution is 6.33. The van der Waals surface area contributed by atoms with E-state index in [0.717, 1.165) is 31.7 Å². The quantitative estimate of drug-likeness (QED) is 0.662. The number of aromatic nitrogens is 2. The average molecular weight is 467 g/mol. The number of nitrogens with zero attached hydrogens (tertiary/aromatic N) is 4. The van der Waals surface area contributed by atoms with Gasteiger partial charge in [0, 0.05) is 38.2 Å². The van der Waals surface area contributed by atoms with E-state index in [0.29, 0.717) is 32.1 Å². The lowest BCUT2D eigenvalue weighted by Gasteiger charge is -2.35. The average Bonchev–Trinajstić information content (AvgIpc) is 3.48. The molecule has 2 fully saturated rings. The van der Waals surface area contributed by atoms with Crippen LogP contribution in [0.15, 0.2) is 16.7 Å². The van der Waals surface area contributed by atoms with Crippen molar-refractivity contribution >= 4 is 29.4 Å². The first-order valence-electron chi connectivity index (χ1n) is 10.6. The number of hydrogen-bond acceptors (Lipinski definition) is 7. The van der Waals surface area contributed by atoms with Crippen LogP contribution in [0.3, 0.4) is 0 Å². The summed E-state index contributed by atoms with van der Waals surface area (Å²) < 4.78 is 24.8. The molecule has 1 aromatic heterocycles. The molecule has 2 heterocycles. The number of hydrogen-bond donors (Lipinski definition) is 1. The second-order valence-corrected chi connectivity index (χ2v) is 8.36. The predicted octanol–water partition coefficient (Wildman–Crippen LogP) is 3.22. The van der Waals surface area contributed by atoms with Crippen LogP contribution in [-0.2, 0) is 9.59 Å². The number of benzene rings is 1. The first-order valence-corrected chi connectivity index (χ1v) is 11.0. The lowest BCUT2D eigenvalue weighted by molar-refractivity contribution is -0.137. The Labute approximate surface area is 189 Å². The first-order chi connectivity index (χ1) is 15.4. The van der Waals surface area contributed by atoms with Crippen LogP contribution in [0.25, 0.3) is 11.5 Å². The third-order valence-corrected chi connectivity index (χ3v) is 6.13. The second-order valence-electron chi connectivity index (χ2n) is 7.95. The van der Waals surface area contributed by atoms with Gasteiger partial charge in [0.1, 0.15) is 0 Å². The topological polar surface area (TPSA) is 109 Å². The highest BCUT2D eigenvalue weighted by Crippen LogP contribution is 2.34. The minimum Gasteiger partial charge on any atom is -0.490 e. The fourth-order valence-electron chi connectivity index (χ4n) is 4.06. The van der Waals surface area contributed by atoms with Crippen LogP contribution in [0.5, 0.6) is 5.75 Å². The van der Waals surface area contributed by atoms with Gasteiger partial charge in [0.2, 0.25) is 5.91 Å². The summed E-state index contributed by atoms with van der Waals surface area (Å²) in [5.74, 6) is -1.10. The van der Waals surface area contributed by atoms with E-state index < -0.39 is 11.8 Å². The molecule has 1 saturated carbocycles. The highest BCUT2D eigenvalue weighted by atomic mass is 35.5. The van der Waals surface area contributed by atoms with E-state index in [4.69, 9.17) is 26.0 Å². The molecule has 1 aliphatic heterocycles. The smallest absolute Gasteiger partial charge is 0.306 e. The Bertz CT molecular complexity index is 987. The monoisotopic (exact) mass is 466 g/mol. The van der Waals surface area contributed by atoms with Crippen molar-refractivity contribution in [3.63, 3.8) is 0 Å². The van der Waals surface area contributed by atoms with Crippen molar-refractivity contribution in [1.29, 1.82) is 0 Å². The Balaban J connectivity index is 1.39. The highest BCUT2D eigenvalue weighted by Gasteiger charge is 2.30. The fraction of sp³-hybridized carbons (Fsp3) is 0.524. The molecule has 2 aliphatic rings. The molecule has 11 heteroatoms. The normalized spacial score (nSPS) is 17.1. The van der Waals surface area contributed by atoms with E-state index in [1.807, 2.05) is 9.80 Å². The standard InChI is InChI=1S/C21H24ClFN4O5/c22-15-12-17(31-10-5-18(28)29)16(23)11-14(15)19-24-21(25-32-19)27-8-6-26(7-9-27)20(30)13-3-1-2-4-13/h11-13H,1-10H2,(H,28,29). The van der Waals surface area contributed by atoms with E-state index in [1.165, 1.54) is 6.07 Å². The third-order valence-electron chi connectivity index (χ3n) is 5.82. The van der Waals surface area contributed by atoms with Gasteiger partial charge in [0.05, 0.1) is 23.6 Å². The summed E-state index contributed by atoms with van der Waals surface area (Å²) in [7, 11) is 0. The van der Waals surface area contributed by atoms with Gasteiger partial charge in [-0.05, 0) is 24.1 Å². The van der Waals surface area contributed by atoms with Gasteiger partial charge in [-0.2, -0.15) is 4.98 Å². The van der Waals surface area contributed by atoms with Crippen LogP contribution in [0.1, 0.15) is 32.1 Å². The van der Waals surface area contributed by atoms with Crippen LogP contribution in [-0.4, -0.2) is 64.8 Å². The number of carbonyl (C=O) groups is 2. The lowest BCUT2D eigenvalue weighted by atomic mass is 10.1. The molecule has 0 unspecified atom stereocenters. The van der Waals surface area contributed by atoms with E-state index >= 15 is 0 Å². The summed E-state index contributed by atoms with van der Waals surface area (Å²) in [6, 6.07) is 2.37. The number of anilines is 1. The number of carboxylic acid groups (broad SMARTS) is 1. The maximum absolute atomic E-state index is 14.4. The molecule has 1 aromatic carbocycles. The van der Waals surface area contributed by atoms with E-state index in [1.54, 1.807) is 0 Å². The van der Waals surface area contributed by atoms with E-state index in [9.17, 15) is 14.0 Å². The van der Waals surface area contributed by atoms with Crippen LogP contribution in [0.2, 0.25) is 5.02 Å². The summed E-state index contributed by atoms with van der Waals surface area (Å²) >= 11 is 6.24. The van der Waals surface area contributed by atoms with Crippen molar-refractivity contribution in [3.05, 3.63) is 23.0 Å². The van der Waals surface area contributed by atoms with E-state index in [2.05, 4.69) is 10.1 Å². The summed E-state index contributed by atoms with van der Waals surface area (Å²) in [4.78, 5) is 31.3. The summed E-state index contributed by atoms with van der Waals surface area (Å²) in [6.07, 6.45) is 3.95. The molecule has 9 nitrogen and oxygen atoms in total. The lowest BCUT2D eigenvalue weighted by Crippen LogP contribution is -2.50. The number of piperazine rings is 1. The maximum atomic E-state index is 14.4. The number of ether oxygens (including phenoxy) is 1. The third kappa shape index (κ3) is 4.95. The van der Waals surface area contributed by atoms with Gasteiger partial charge in [-0.3, -0.25) is 9.59 Å². The van der Waals surface area contributed by atoms with Crippen molar-refractivity contribution in [3.8, 4) is 17.2 Å². The molecular weight excluding hydrogens is 443 g/mol. The van der Waals surface area contributed by atoms with E-state index in [-0.39, 0.29) is 47.1 Å². The number of carbonyl (C=O) groups excluding carboxylic acids is 1. The molecule has 1 amide bonds. The molecule has 1 aliphatic carbocycles. The molecule has 0 atom stereocenters. The fourth-order valence-corrected chi connectivity index (χ4v) is 4.30. The molecule has 0 spiro atoms. The number of amides is 1. The number of halogens is 2. The van der Waals surface area contributed by atoms with Gasteiger partial charge in [-0.25, -0.2) is 4.39 Å². The molecule has 0 radical (unpaired) electrons. The van der Waals surface area contributed by atoms with Crippen molar-refractivity contribution < 1.29 is 28.3 Å². The second kappa shape index (κ2) is 9.72. The van der Waals surface area contributed by atoms with Gasteiger partial charge >= 0.3 is 5.97 Å². The van der Waals surface area contributed by atoms with Crippen LogP contribution in [0, 0.1) is 11.7 Å². The van der Waals surface area contributed by atoms with Crippen molar-refractivity contribution in [2.75, 3.05) is 37.7 Å². The molecule has 2 aromatic rings. The summed E-state index contributed by atoms with van der Waals surface area (Å²) in [5.41, 5.74) is 0.212. The molecule has 32 heavy (non-hydrogen) atoms. The van der Waals surface area contributed by atoms with Gasteiger partial charge in [0.15, 0.2) is 11.6 Å². The Morgan fingerprint density at radius 3 is 2.62 bits per heavy atom. The number of aliphatic carboxylic acids is 1. The Hall–Kier alpha value is -2.88. The number of rotatable bonds is 7. The molecular formula is C21H24ClFN4O5. The molecule has 172 valence electrons. The largest absolute Gasteiger partial charge is 0.490 e. The molecule has 0 bridgehead atoms. The van der Waals surface area contributed by atoms with Gasteiger partial charge in [0.25, 0.3) is 11.8 Å². The van der Waals surface area contributed by atoms with Crippen LogP contribution < -0.4 is 9.64 Å². The minimum atomic E-state index is -1.05. The zero-order valence-corrected chi connectivity index (χ0v) is 18.2. The minimum absolute atomic E-state index is 0.0606.